The Labute approximate surface area is 220 Å². The number of hydrogen-bond donors (Lipinski definition) is 3. The summed E-state index contributed by atoms with van der Waals surface area (Å²) >= 11 is 6.42. The molecule has 10 nitrogen and oxygen atoms in total. The summed E-state index contributed by atoms with van der Waals surface area (Å²) in [6.07, 6.45) is 3.30. The van der Waals surface area contributed by atoms with E-state index in [1.54, 1.807) is 19.4 Å². The van der Waals surface area contributed by atoms with Crippen molar-refractivity contribution in [2.75, 3.05) is 30.4 Å². The molecule has 11 heteroatoms. The standard InChI is InChI=1S/C26H29ClN6O4/c1-16-19(8-11-28-24(16)30-14-17-4-6-18(37-3)7-5-17)22(34)21-23(27)31-20(15-29-21)33-12-9-26(2,10-13-33)32-25(35)36/h4-8,11,15,32H,9-10,12-14H2,1-3H3,(H,28,30)(H,35,36). The second-order valence-electron chi connectivity index (χ2n) is 9.21. The van der Waals surface area contributed by atoms with E-state index >= 15 is 0 Å². The first-order chi connectivity index (χ1) is 17.7. The minimum absolute atomic E-state index is 0.0171. The molecule has 0 bridgehead atoms. The number of amides is 1. The van der Waals surface area contributed by atoms with Crippen molar-refractivity contribution in [3.8, 4) is 5.75 Å². The Morgan fingerprint density at radius 2 is 1.86 bits per heavy atom. The zero-order chi connectivity index (χ0) is 26.6. The lowest BCUT2D eigenvalue weighted by Gasteiger charge is -2.39. The van der Waals surface area contributed by atoms with Crippen LogP contribution in [0.5, 0.6) is 5.75 Å². The number of methoxy groups -OCH3 is 1. The third kappa shape index (κ3) is 6.08. The zero-order valence-electron chi connectivity index (χ0n) is 20.9. The lowest BCUT2D eigenvalue weighted by Crippen LogP contribution is -2.53. The Morgan fingerprint density at radius 1 is 1.16 bits per heavy atom. The molecular weight excluding hydrogens is 496 g/mol. The van der Waals surface area contributed by atoms with Gasteiger partial charge < -0.3 is 25.4 Å². The van der Waals surface area contributed by atoms with E-state index in [4.69, 9.17) is 21.4 Å². The van der Waals surface area contributed by atoms with Crippen LogP contribution in [0, 0.1) is 6.92 Å². The first kappa shape index (κ1) is 26.2. The molecule has 0 radical (unpaired) electrons. The number of piperidine rings is 1. The number of pyridine rings is 1. The third-order valence-electron chi connectivity index (χ3n) is 6.60. The smallest absolute Gasteiger partial charge is 0.405 e. The van der Waals surface area contributed by atoms with Crippen molar-refractivity contribution in [3.63, 3.8) is 0 Å². The topological polar surface area (TPSA) is 130 Å². The number of carbonyl (C=O) groups excluding carboxylic acids is 1. The SMILES string of the molecule is COc1ccc(CNc2nccc(C(=O)c3ncc(N4CCC(C)(NC(=O)O)CC4)nc3Cl)c2C)cc1. The highest BCUT2D eigenvalue weighted by Gasteiger charge is 2.32. The average molecular weight is 525 g/mol. The van der Waals surface area contributed by atoms with E-state index in [-0.39, 0.29) is 16.6 Å². The van der Waals surface area contributed by atoms with E-state index in [9.17, 15) is 9.59 Å². The van der Waals surface area contributed by atoms with Crippen LogP contribution in [0.3, 0.4) is 0 Å². The summed E-state index contributed by atoms with van der Waals surface area (Å²) in [4.78, 5) is 39.5. The highest BCUT2D eigenvalue weighted by atomic mass is 35.5. The number of carboxylic acid groups (broad SMARTS) is 1. The summed E-state index contributed by atoms with van der Waals surface area (Å²) in [6, 6.07) is 9.33. The van der Waals surface area contributed by atoms with Crippen molar-refractivity contribution in [1.29, 1.82) is 0 Å². The molecule has 3 N–H and O–H groups in total. The van der Waals surface area contributed by atoms with Gasteiger partial charge in [-0.2, -0.15) is 0 Å². The number of rotatable bonds is 8. The Morgan fingerprint density at radius 3 is 2.49 bits per heavy atom. The van der Waals surface area contributed by atoms with E-state index in [2.05, 4.69) is 25.6 Å². The van der Waals surface area contributed by atoms with Gasteiger partial charge in [-0.25, -0.2) is 19.7 Å². The molecule has 3 aromatic rings. The molecule has 1 aliphatic rings. The number of hydrogen-bond acceptors (Lipinski definition) is 8. The summed E-state index contributed by atoms with van der Waals surface area (Å²) in [5, 5.41) is 14.9. The predicted octanol–water partition coefficient (Wildman–Crippen LogP) is 4.31. The molecule has 0 saturated carbocycles. The van der Waals surface area contributed by atoms with Gasteiger partial charge in [-0.15, -0.1) is 0 Å². The highest BCUT2D eigenvalue weighted by Crippen LogP contribution is 2.27. The summed E-state index contributed by atoms with van der Waals surface area (Å²) < 4.78 is 5.19. The van der Waals surface area contributed by atoms with Gasteiger partial charge in [0.2, 0.25) is 5.78 Å². The lowest BCUT2D eigenvalue weighted by molar-refractivity contribution is 0.103. The monoisotopic (exact) mass is 524 g/mol. The number of aromatic nitrogens is 3. The van der Waals surface area contributed by atoms with Crippen molar-refractivity contribution in [2.24, 2.45) is 0 Å². The fourth-order valence-electron chi connectivity index (χ4n) is 4.29. The van der Waals surface area contributed by atoms with E-state index in [0.29, 0.717) is 55.2 Å². The molecule has 0 aliphatic carbocycles. The normalized spacial score (nSPS) is 14.6. The number of carbonyl (C=O) groups is 2. The fourth-order valence-corrected chi connectivity index (χ4v) is 4.51. The predicted molar refractivity (Wildman–Crippen MR) is 141 cm³/mol. The maximum Gasteiger partial charge on any atom is 0.405 e. The molecule has 1 fully saturated rings. The Kier molecular flexibility index (Phi) is 7.77. The Hall–Kier alpha value is -3.92. The first-order valence-corrected chi connectivity index (χ1v) is 12.2. The minimum atomic E-state index is -1.04. The van der Waals surface area contributed by atoms with Gasteiger partial charge in [-0.3, -0.25) is 4.79 Å². The molecule has 0 unspecified atom stereocenters. The number of benzene rings is 1. The largest absolute Gasteiger partial charge is 0.497 e. The van der Waals surface area contributed by atoms with E-state index in [1.165, 1.54) is 6.20 Å². The number of nitrogens with one attached hydrogen (secondary N) is 2. The molecule has 0 spiro atoms. The van der Waals surface area contributed by atoms with Crippen LogP contribution >= 0.6 is 11.6 Å². The van der Waals surface area contributed by atoms with Crippen molar-refractivity contribution < 1.29 is 19.4 Å². The van der Waals surface area contributed by atoms with Crippen molar-refractivity contribution in [1.82, 2.24) is 20.3 Å². The molecule has 37 heavy (non-hydrogen) atoms. The van der Waals surface area contributed by atoms with Crippen LogP contribution in [0.15, 0.2) is 42.7 Å². The summed E-state index contributed by atoms with van der Waals surface area (Å²) in [6.45, 7) is 5.41. The quantitative estimate of drug-likeness (QED) is 0.369. The van der Waals surface area contributed by atoms with Gasteiger partial charge in [0.25, 0.3) is 0 Å². The molecule has 194 valence electrons. The fraction of sp³-hybridized carbons (Fsp3) is 0.346. The van der Waals surface area contributed by atoms with Gasteiger partial charge in [0.05, 0.1) is 13.3 Å². The van der Waals surface area contributed by atoms with Crippen LogP contribution in [-0.4, -0.2) is 57.7 Å². The molecule has 0 atom stereocenters. The molecular formula is C26H29ClN6O4. The minimum Gasteiger partial charge on any atom is -0.497 e. The lowest BCUT2D eigenvalue weighted by atomic mass is 9.90. The Balaban J connectivity index is 1.45. The third-order valence-corrected chi connectivity index (χ3v) is 6.86. The maximum absolute atomic E-state index is 13.3. The number of anilines is 2. The second kappa shape index (κ2) is 11.0. The number of nitrogens with zero attached hydrogens (tertiary/aromatic N) is 4. The van der Waals surface area contributed by atoms with Crippen LogP contribution in [0.1, 0.15) is 46.9 Å². The van der Waals surface area contributed by atoms with Crippen LogP contribution in [0.4, 0.5) is 16.4 Å². The van der Waals surface area contributed by atoms with Crippen molar-refractivity contribution in [2.45, 2.75) is 38.8 Å². The van der Waals surface area contributed by atoms with Crippen LogP contribution in [0.25, 0.3) is 0 Å². The van der Waals surface area contributed by atoms with Gasteiger partial charge in [0, 0.05) is 42.5 Å². The summed E-state index contributed by atoms with van der Waals surface area (Å²) in [5.41, 5.74) is 1.73. The average Bonchev–Trinajstić information content (AvgIpc) is 2.88. The van der Waals surface area contributed by atoms with Crippen LogP contribution < -0.4 is 20.3 Å². The molecule has 1 amide bonds. The van der Waals surface area contributed by atoms with Crippen molar-refractivity contribution >= 4 is 35.1 Å². The second-order valence-corrected chi connectivity index (χ2v) is 9.57. The van der Waals surface area contributed by atoms with Gasteiger partial charge in [0.1, 0.15) is 23.1 Å². The summed E-state index contributed by atoms with van der Waals surface area (Å²) in [5.74, 6) is 1.58. The zero-order valence-corrected chi connectivity index (χ0v) is 21.7. The first-order valence-electron chi connectivity index (χ1n) is 11.8. The van der Waals surface area contributed by atoms with Gasteiger partial charge in [0.15, 0.2) is 5.15 Å². The molecule has 3 heterocycles. The van der Waals surface area contributed by atoms with Crippen LogP contribution in [-0.2, 0) is 6.54 Å². The van der Waals surface area contributed by atoms with Crippen LogP contribution in [0.2, 0.25) is 5.15 Å². The van der Waals surface area contributed by atoms with Gasteiger partial charge >= 0.3 is 6.09 Å². The molecule has 4 rings (SSSR count). The van der Waals surface area contributed by atoms with E-state index < -0.39 is 11.6 Å². The summed E-state index contributed by atoms with van der Waals surface area (Å²) in [7, 11) is 1.62. The van der Waals surface area contributed by atoms with Crippen molar-refractivity contribution in [3.05, 3.63) is 70.3 Å². The molecule has 1 saturated heterocycles. The van der Waals surface area contributed by atoms with E-state index in [0.717, 1.165) is 11.3 Å². The van der Waals surface area contributed by atoms with Gasteiger partial charge in [-0.05, 0) is 50.5 Å². The Bertz CT molecular complexity index is 1290. The van der Waals surface area contributed by atoms with Gasteiger partial charge in [-0.1, -0.05) is 23.7 Å². The number of ether oxygens (including phenoxy) is 1. The highest BCUT2D eigenvalue weighted by molar-refractivity contribution is 6.33. The molecule has 1 aromatic carbocycles. The molecule has 2 aromatic heterocycles. The number of halogens is 1. The number of ketones is 1. The maximum atomic E-state index is 13.3. The van der Waals surface area contributed by atoms with E-state index in [1.807, 2.05) is 43.0 Å². The molecule has 1 aliphatic heterocycles.